The van der Waals surface area contributed by atoms with Crippen LogP contribution in [0.25, 0.3) is 0 Å². The van der Waals surface area contributed by atoms with Gasteiger partial charge in [-0.1, -0.05) is 0 Å². The van der Waals surface area contributed by atoms with E-state index < -0.39 is 15.4 Å². The fourth-order valence-corrected chi connectivity index (χ4v) is 4.15. The van der Waals surface area contributed by atoms with Crippen molar-refractivity contribution in [3.05, 3.63) is 17.7 Å². The Morgan fingerprint density at radius 1 is 1.45 bits per heavy atom. The van der Waals surface area contributed by atoms with Crippen LogP contribution in [-0.4, -0.2) is 23.7 Å². The van der Waals surface area contributed by atoms with E-state index >= 15 is 0 Å². The summed E-state index contributed by atoms with van der Waals surface area (Å²) in [6.45, 7) is 1.18. The molecule has 1 aliphatic carbocycles. The molecule has 7 heteroatoms. The van der Waals surface area contributed by atoms with Gasteiger partial charge in [-0.15, -0.1) is 0 Å². The number of sulfonamides is 1. The maximum atomic E-state index is 12.0. The van der Waals surface area contributed by atoms with Gasteiger partial charge in [-0.25, -0.2) is 18.1 Å². The number of nitrogens with zero attached hydrogens (tertiary/aromatic N) is 3. The molecule has 0 saturated heterocycles. The van der Waals surface area contributed by atoms with Crippen LogP contribution < -0.4 is 4.72 Å². The van der Waals surface area contributed by atoms with Gasteiger partial charge in [0.2, 0.25) is 10.0 Å². The normalized spacial score (nSPS) is 20.1. The maximum absolute atomic E-state index is 12.0. The van der Waals surface area contributed by atoms with Crippen molar-refractivity contribution in [1.82, 2.24) is 14.3 Å². The fourth-order valence-electron chi connectivity index (χ4n) is 2.59. The standard InChI is InChI=1S/C13H18N4O2S/c14-9-13(4-5-13)10-20(18,19)15-7-11-8-17-6-2-1-3-12(17)16-11/h8,15H,1-7,10H2. The molecular weight excluding hydrogens is 276 g/mol. The van der Waals surface area contributed by atoms with Crippen LogP contribution in [0, 0.1) is 16.7 Å². The maximum Gasteiger partial charge on any atom is 0.213 e. The van der Waals surface area contributed by atoms with E-state index in [2.05, 4.69) is 20.3 Å². The molecule has 0 aromatic carbocycles. The van der Waals surface area contributed by atoms with Crippen LogP contribution in [0.1, 0.15) is 37.2 Å². The van der Waals surface area contributed by atoms with Crippen molar-refractivity contribution in [2.24, 2.45) is 5.41 Å². The highest BCUT2D eigenvalue weighted by Crippen LogP contribution is 2.45. The number of hydrogen-bond acceptors (Lipinski definition) is 4. The van der Waals surface area contributed by atoms with Gasteiger partial charge in [-0.05, 0) is 25.7 Å². The molecule has 0 amide bonds. The van der Waals surface area contributed by atoms with Crippen LogP contribution in [-0.2, 0) is 29.5 Å². The van der Waals surface area contributed by atoms with Crippen molar-refractivity contribution in [2.75, 3.05) is 5.75 Å². The van der Waals surface area contributed by atoms with E-state index in [0.29, 0.717) is 12.8 Å². The van der Waals surface area contributed by atoms with Crippen molar-refractivity contribution in [3.63, 3.8) is 0 Å². The molecule has 1 aliphatic heterocycles. The van der Waals surface area contributed by atoms with Crippen LogP contribution in [0.15, 0.2) is 6.20 Å². The average Bonchev–Trinajstić information content (AvgIpc) is 3.05. The topological polar surface area (TPSA) is 87.8 Å². The molecule has 0 bridgehead atoms. The van der Waals surface area contributed by atoms with Gasteiger partial charge in [-0.3, -0.25) is 0 Å². The zero-order valence-corrected chi connectivity index (χ0v) is 12.1. The lowest BCUT2D eigenvalue weighted by molar-refractivity contribution is 0.522. The van der Waals surface area contributed by atoms with E-state index in [0.717, 1.165) is 37.3 Å². The van der Waals surface area contributed by atoms with Gasteiger partial charge in [0.25, 0.3) is 0 Å². The van der Waals surface area contributed by atoms with Crippen LogP contribution >= 0.6 is 0 Å². The number of aromatic nitrogens is 2. The second-order valence-electron chi connectivity index (χ2n) is 5.77. The highest BCUT2D eigenvalue weighted by molar-refractivity contribution is 7.89. The molecule has 2 aliphatic rings. The Hall–Kier alpha value is -1.39. The van der Waals surface area contributed by atoms with Crippen molar-refractivity contribution in [3.8, 4) is 6.07 Å². The molecule has 1 fully saturated rings. The van der Waals surface area contributed by atoms with Crippen molar-refractivity contribution in [1.29, 1.82) is 5.26 Å². The molecule has 0 unspecified atom stereocenters. The second kappa shape index (κ2) is 4.86. The first-order valence-corrected chi connectivity index (χ1v) is 8.61. The van der Waals surface area contributed by atoms with E-state index in [1.807, 2.05) is 6.20 Å². The van der Waals surface area contributed by atoms with Gasteiger partial charge < -0.3 is 4.57 Å². The lowest BCUT2D eigenvalue weighted by Gasteiger charge is -2.11. The van der Waals surface area contributed by atoms with Gasteiger partial charge in [0.05, 0.1) is 29.5 Å². The molecule has 1 aromatic rings. The summed E-state index contributed by atoms with van der Waals surface area (Å²) in [5, 5.41) is 8.96. The summed E-state index contributed by atoms with van der Waals surface area (Å²) in [7, 11) is -3.41. The molecule has 1 aromatic heterocycles. The van der Waals surface area contributed by atoms with Gasteiger partial charge >= 0.3 is 0 Å². The third kappa shape index (κ3) is 2.86. The molecule has 2 heterocycles. The zero-order chi connectivity index (χ0) is 14.2. The predicted octanol–water partition coefficient (Wildman–Crippen LogP) is 0.943. The van der Waals surface area contributed by atoms with E-state index in [1.165, 1.54) is 0 Å². The fraction of sp³-hybridized carbons (Fsp3) is 0.692. The first kappa shape index (κ1) is 13.6. The Labute approximate surface area is 118 Å². The van der Waals surface area contributed by atoms with Gasteiger partial charge in [0, 0.05) is 19.2 Å². The van der Waals surface area contributed by atoms with Crippen molar-refractivity contribution >= 4 is 10.0 Å². The minimum absolute atomic E-state index is 0.0932. The molecule has 0 spiro atoms. The second-order valence-corrected chi connectivity index (χ2v) is 7.58. The van der Waals surface area contributed by atoms with E-state index in [-0.39, 0.29) is 12.3 Å². The summed E-state index contributed by atoms with van der Waals surface area (Å²) in [6, 6.07) is 2.11. The molecule has 1 saturated carbocycles. The minimum Gasteiger partial charge on any atom is -0.335 e. The lowest BCUT2D eigenvalue weighted by Crippen LogP contribution is -2.30. The Morgan fingerprint density at radius 2 is 2.25 bits per heavy atom. The number of hydrogen-bond donors (Lipinski definition) is 1. The Bertz CT molecular complexity index is 629. The van der Waals surface area contributed by atoms with E-state index in [9.17, 15) is 8.42 Å². The molecule has 20 heavy (non-hydrogen) atoms. The molecule has 0 radical (unpaired) electrons. The largest absolute Gasteiger partial charge is 0.335 e. The highest BCUT2D eigenvalue weighted by atomic mass is 32.2. The van der Waals surface area contributed by atoms with Crippen LogP contribution in [0.5, 0.6) is 0 Å². The van der Waals surface area contributed by atoms with E-state index in [4.69, 9.17) is 5.26 Å². The minimum atomic E-state index is -3.41. The number of rotatable bonds is 5. The number of imidazole rings is 1. The third-order valence-electron chi connectivity index (χ3n) is 3.99. The molecule has 108 valence electrons. The molecular formula is C13H18N4O2S. The monoisotopic (exact) mass is 294 g/mol. The summed E-state index contributed by atoms with van der Waals surface area (Å²) >= 11 is 0. The van der Waals surface area contributed by atoms with E-state index in [1.54, 1.807) is 0 Å². The number of aryl methyl sites for hydroxylation is 2. The Kier molecular flexibility index (Phi) is 3.30. The molecule has 1 N–H and O–H groups in total. The van der Waals surface area contributed by atoms with Crippen LogP contribution in [0.3, 0.4) is 0 Å². The van der Waals surface area contributed by atoms with Crippen LogP contribution in [0.2, 0.25) is 0 Å². The van der Waals surface area contributed by atoms with Crippen molar-refractivity contribution in [2.45, 2.75) is 45.2 Å². The summed E-state index contributed by atoms with van der Waals surface area (Å²) in [5.74, 6) is 0.950. The SMILES string of the molecule is N#CC1(CS(=O)(=O)NCc2cn3c(n2)CCCC3)CC1. The zero-order valence-electron chi connectivity index (χ0n) is 11.3. The van der Waals surface area contributed by atoms with Gasteiger partial charge in [0.1, 0.15) is 5.82 Å². The third-order valence-corrected chi connectivity index (χ3v) is 5.51. The Morgan fingerprint density at radius 3 is 2.90 bits per heavy atom. The summed E-state index contributed by atoms with van der Waals surface area (Å²) < 4.78 is 28.6. The smallest absolute Gasteiger partial charge is 0.213 e. The quantitative estimate of drug-likeness (QED) is 0.875. The first-order valence-electron chi connectivity index (χ1n) is 6.95. The lowest BCUT2D eigenvalue weighted by atomic mass is 10.2. The van der Waals surface area contributed by atoms with Gasteiger partial charge in [0.15, 0.2) is 0 Å². The molecule has 0 atom stereocenters. The summed E-state index contributed by atoms with van der Waals surface area (Å²) in [6.07, 6.45) is 6.55. The Balaban J connectivity index is 1.61. The number of nitriles is 1. The molecule has 6 nitrogen and oxygen atoms in total. The predicted molar refractivity (Wildman–Crippen MR) is 73.1 cm³/mol. The van der Waals surface area contributed by atoms with Gasteiger partial charge in [-0.2, -0.15) is 5.26 Å². The summed E-state index contributed by atoms with van der Waals surface area (Å²) in [4.78, 5) is 4.46. The number of fused-ring (bicyclic) bond motifs is 1. The summed E-state index contributed by atoms with van der Waals surface area (Å²) in [5.41, 5.74) is 0.117. The van der Waals surface area contributed by atoms with Crippen LogP contribution in [0.4, 0.5) is 0 Å². The highest BCUT2D eigenvalue weighted by Gasteiger charge is 2.46. The number of nitrogens with one attached hydrogen (secondary N) is 1. The first-order chi connectivity index (χ1) is 9.52. The average molecular weight is 294 g/mol. The van der Waals surface area contributed by atoms with Crippen molar-refractivity contribution < 1.29 is 8.42 Å². The molecule has 3 rings (SSSR count).